The third-order valence-corrected chi connectivity index (χ3v) is 6.75. The molecule has 7 nitrogen and oxygen atoms in total. The molecule has 5 rings (SSSR count). The van der Waals surface area contributed by atoms with Gasteiger partial charge in [0.2, 0.25) is 0 Å². The van der Waals surface area contributed by atoms with E-state index in [0.717, 1.165) is 38.8 Å². The van der Waals surface area contributed by atoms with Crippen LogP contribution in [0.1, 0.15) is 45.5 Å². The van der Waals surface area contributed by atoms with E-state index in [2.05, 4.69) is 39.7 Å². The number of anilines is 1. The van der Waals surface area contributed by atoms with Crippen LogP contribution in [0.15, 0.2) is 73.3 Å². The Kier molecular flexibility index (Phi) is 6.57. The molecule has 0 saturated carbocycles. The van der Waals surface area contributed by atoms with E-state index in [1.165, 1.54) is 22.5 Å². The first-order valence-corrected chi connectivity index (χ1v) is 12.1. The lowest BCUT2D eigenvalue weighted by Crippen LogP contribution is -2.32. The third-order valence-electron chi connectivity index (χ3n) is 6.75. The van der Waals surface area contributed by atoms with E-state index in [1.54, 1.807) is 36.1 Å². The van der Waals surface area contributed by atoms with Crippen LogP contribution in [0.4, 0.5) is 5.69 Å². The van der Waals surface area contributed by atoms with Crippen LogP contribution in [0.2, 0.25) is 0 Å². The van der Waals surface area contributed by atoms with E-state index in [1.807, 2.05) is 23.4 Å². The van der Waals surface area contributed by atoms with Crippen molar-refractivity contribution in [2.24, 2.45) is 13.0 Å². The Labute approximate surface area is 204 Å². The number of fused-ring (bicyclic) bond motifs is 1. The molecule has 1 saturated heterocycles. The van der Waals surface area contributed by atoms with Crippen LogP contribution in [0.5, 0.6) is 0 Å². The van der Waals surface area contributed by atoms with E-state index in [-0.39, 0.29) is 11.8 Å². The van der Waals surface area contributed by atoms with Crippen molar-refractivity contribution < 1.29 is 9.59 Å². The fourth-order valence-corrected chi connectivity index (χ4v) is 4.89. The fraction of sp³-hybridized carbons (Fsp3) is 0.286. The summed E-state index contributed by atoms with van der Waals surface area (Å²) in [7, 11) is 1.76. The molecular weight excluding hydrogens is 438 g/mol. The predicted octanol–water partition coefficient (Wildman–Crippen LogP) is 4.71. The van der Waals surface area contributed by atoms with Gasteiger partial charge in [-0.15, -0.1) is 0 Å². The number of amides is 2. The van der Waals surface area contributed by atoms with Gasteiger partial charge in [0.25, 0.3) is 11.8 Å². The van der Waals surface area contributed by atoms with Crippen molar-refractivity contribution in [1.82, 2.24) is 19.7 Å². The van der Waals surface area contributed by atoms with Crippen molar-refractivity contribution in [2.45, 2.75) is 25.7 Å². The number of hydrogen-bond acceptors (Lipinski definition) is 4. The normalized spacial score (nSPS) is 16.1. The Hall–Kier alpha value is -4.00. The van der Waals surface area contributed by atoms with Crippen molar-refractivity contribution in [3.63, 3.8) is 0 Å². The summed E-state index contributed by atoms with van der Waals surface area (Å²) < 4.78 is 1.58. The summed E-state index contributed by atoms with van der Waals surface area (Å²) in [6, 6.07) is 15.7. The van der Waals surface area contributed by atoms with Crippen LogP contribution in [0.3, 0.4) is 0 Å². The molecule has 0 aliphatic carbocycles. The molecule has 2 aromatic heterocycles. The number of carbonyl (C=O) groups excluding carboxylic acids is 2. The van der Waals surface area contributed by atoms with Gasteiger partial charge >= 0.3 is 0 Å². The lowest BCUT2D eigenvalue weighted by atomic mass is 9.91. The van der Waals surface area contributed by atoms with Gasteiger partial charge in [-0.25, -0.2) is 0 Å². The maximum Gasteiger partial charge on any atom is 0.258 e. The number of aromatic nitrogens is 3. The van der Waals surface area contributed by atoms with Crippen LogP contribution < -0.4 is 5.32 Å². The van der Waals surface area contributed by atoms with E-state index >= 15 is 0 Å². The second kappa shape index (κ2) is 10.1. The minimum atomic E-state index is -0.246. The summed E-state index contributed by atoms with van der Waals surface area (Å²) in [6.45, 7) is 1.48. The van der Waals surface area contributed by atoms with Gasteiger partial charge in [-0.3, -0.25) is 19.3 Å². The molecule has 3 heterocycles. The highest BCUT2D eigenvalue weighted by Gasteiger charge is 2.22. The molecule has 7 heteroatoms. The van der Waals surface area contributed by atoms with Crippen molar-refractivity contribution >= 4 is 28.3 Å². The maximum atomic E-state index is 13.3. The molecule has 0 spiro atoms. The van der Waals surface area contributed by atoms with Crippen LogP contribution in [-0.4, -0.2) is 44.6 Å². The molecular formula is C28H29N5O2. The molecule has 1 aliphatic rings. The molecule has 1 N–H and O–H groups in total. The fourth-order valence-electron chi connectivity index (χ4n) is 4.89. The van der Waals surface area contributed by atoms with Crippen molar-refractivity contribution in [1.29, 1.82) is 0 Å². The molecule has 0 unspecified atom stereocenters. The van der Waals surface area contributed by atoms with Crippen molar-refractivity contribution in [3.05, 3.63) is 90.0 Å². The van der Waals surface area contributed by atoms with Crippen LogP contribution in [0.25, 0.3) is 10.8 Å². The summed E-state index contributed by atoms with van der Waals surface area (Å²) in [6.07, 6.45) is 11.0. The first kappa shape index (κ1) is 22.8. The predicted molar refractivity (Wildman–Crippen MR) is 136 cm³/mol. The number of likely N-dealkylation sites (tertiary alicyclic amines) is 1. The zero-order valence-corrected chi connectivity index (χ0v) is 19.9. The van der Waals surface area contributed by atoms with Crippen molar-refractivity contribution in [3.8, 4) is 0 Å². The van der Waals surface area contributed by atoms with Gasteiger partial charge in [0.15, 0.2) is 0 Å². The first-order chi connectivity index (χ1) is 17.1. The smallest absolute Gasteiger partial charge is 0.258 e. The zero-order chi connectivity index (χ0) is 24.2. The Morgan fingerprint density at radius 2 is 1.91 bits per heavy atom. The van der Waals surface area contributed by atoms with E-state index in [9.17, 15) is 9.59 Å². The van der Waals surface area contributed by atoms with Gasteiger partial charge in [-0.05, 0) is 66.8 Å². The second-order valence-electron chi connectivity index (χ2n) is 9.24. The Balaban J connectivity index is 1.23. The van der Waals surface area contributed by atoms with Crippen LogP contribution in [0, 0.1) is 5.92 Å². The monoisotopic (exact) mass is 467 g/mol. The van der Waals surface area contributed by atoms with Gasteiger partial charge in [0.05, 0.1) is 11.8 Å². The molecule has 35 heavy (non-hydrogen) atoms. The third kappa shape index (κ3) is 5.24. The molecule has 1 aliphatic heterocycles. The van der Waals surface area contributed by atoms with E-state index in [4.69, 9.17) is 0 Å². The van der Waals surface area contributed by atoms with Gasteiger partial charge in [-0.2, -0.15) is 5.10 Å². The quantitative estimate of drug-likeness (QED) is 0.461. The number of nitrogens with one attached hydrogen (secondary N) is 1. The summed E-state index contributed by atoms with van der Waals surface area (Å²) >= 11 is 0. The number of nitrogens with zero attached hydrogens (tertiary/aromatic N) is 4. The Bertz CT molecular complexity index is 1360. The van der Waals surface area contributed by atoms with E-state index < -0.39 is 0 Å². The molecule has 178 valence electrons. The first-order valence-electron chi connectivity index (χ1n) is 12.1. The molecule has 0 bridgehead atoms. The highest BCUT2D eigenvalue weighted by Crippen LogP contribution is 2.27. The summed E-state index contributed by atoms with van der Waals surface area (Å²) in [5, 5.41) is 9.34. The summed E-state index contributed by atoms with van der Waals surface area (Å²) in [4.78, 5) is 32.0. The molecule has 1 atom stereocenters. The van der Waals surface area contributed by atoms with E-state index in [0.29, 0.717) is 22.7 Å². The largest absolute Gasteiger partial charge is 0.339 e. The van der Waals surface area contributed by atoms with Gasteiger partial charge < -0.3 is 10.2 Å². The highest BCUT2D eigenvalue weighted by molar-refractivity contribution is 6.04. The van der Waals surface area contributed by atoms with Gasteiger partial charge in [-0.1, -0.05) is 24.3 Å². The molecule has 2 amide bonds. The molecule has 1 fully saturated rings. The Morgan fingerprint density at radius 1 is 1.03 bits per heavy atom. The molecule has 2 aromatic carbocycles. The second-order valence-corrected chi connectivity index (χ2v) is 9.24. The lowest BCUT2D eigenvalue weighted by Gasteiger charge is -2.21. The van der Waals surface area contributed by atoms with Gasteiger partial charge in [0.1, 0.15) is 0 Å². The average molecular weight is 468 g/mol. The lowest BCUT2D eigenvalue weighted by molar-refractivity contribution is 0.0759. The summed E-state index contributed by atoms with van der Waals surface area (Å²) in [5.74, 6) is 0.296. The minimum Gasteiger partial charge on any atom is -0.339 e. The topological polar surface area (TPSA) is 80.1 Å². The summed E-state index contributed by atoms with van der Waals surface area (Å²) in [5.41, 5.74) is 3.00. The van der Waals surface area contributed by atoms with Gasteiger partial charge in [0, 0.05) is 55.4 Å². The van der Waals surface area contributed by atoms with Crippen molar-refractivity contribution in [2.75, 3.05) is 18.4 Å². The number of rotatable bonds is 5. The minimum absolute atomic E-state index is 0.0116. The zero-order valence-electron chi connectivity index (χ0n) is 19.9. The number of aryl methyl sites for hydroxylation is 1. The average Bonchev–Trinajstić information content (AvgIpc) is 3.18. The van der Waals surface area contributed by atoms with Crippen LogP contribution in [-0.2, 0) is 13.5 Å². The molecule has 4 aromatic rings. The van der Waals surface area contributed by atoms with Crippen LogP contribution >= 0.6 is 0 Å². The number of hydrogen-bond donors (Lipinski definition) is 1. The number of pyridine rings is 1. The Morgan fingerprint density at radius 3 is 2.77 bits per heavy atom. The number of benzene rings is 2. The highest BCUT2D eigenvalue weighted by atomic mass is 16.2. The number of carbonyl (C=O) groups is 2. The standard InChI is InChI=1S/C28H29N5O2/c1-32-19-24(17-30-32)27(34)31-25-9-3-8-23(16-25)28(35)33-13-4-5-20(11-14-33)15-22-7-2-6-21-10-12-29-18-26(21)22/h2-3,6-10,12,16-20H,4-5,11,13-15H2,1H3,(H,31,34)/t20-/m0/s1. The SMILES string of the molecule is Cn1cc(C(=O)Nc2cccc(C(=O)N3CCC[C@H](Cc4cccc5ccncc45)CC3)c2)cn1. The maximum absolute atomic E-state index is 13.3. The molecule has 0 radical (unpaired) electrons.